The van der Waals surface area contributed by atoms with Crippen LogP contribution < -0.4 is 5.76 Å². The molecule has 0 amide bonds. The number of aromatic nitrogens is 1. The van der Waals surface area contributed by atoms with Crippen molar-refractivity contribution in [3.63, 3.8) is 0 Å². The molecule has 6 nitrogen and oxygen atoms in total. The molecule has 124 valence electrons. The number of esters is 1. The van der Waals surface area contributed by atoms with Gasteiger partial charge in [-0.05, 0) is 36.9 Å². The van der Waals surface area contributed by atoms with Crippen molar-refractivity contribution in [3.05, 3.63) is 70.2 Å². The van der Waals surface area contributed by atoms with Crippen LogP contribution >= 0.6 is 0 Å². The summed E-state index contributed by atoms with van der Waals surface area (Å²) in [4.78, 5) is 25.4. The molecule has 2 aromatic carbocycles. The highest BCUT2D eigenvalue weighted by Crippen LogP contribution is 2.13. The molecule has 0 saturated carbocycles. The van der Waals surface area contributed by atoms with Crippen LogP contribution in [-0.2, 0) is 18.0 Å². The van der Waals surface area contributed by atoms with E-state index in [0.29, 0.717) is 24.4 Å². The Morgan fingerprint density at radius 3 is 2.58 bits per heavy atom. The molecule has 0 N–H and O–H groups in total. The van der Waals surface area contributed by atoms with E-state index in [1.165, 1.54) is 7.11 Å². The Labute approximate surface area is 138 Å². The number of oxazole rings is 1. The van der Waals surface area contributed by atoms with Crippen molar-refractivity contribution in [1.82, 2.24) is 9.47 Å². The highest BCUT2D eigenvalue weighted by atomic mass is 16.5. The molecule has 0 saturated heterocycles. The molecule has 6 heteroatoms. The number of hydrogen-bond donors (Lipinski definition) is 0. The van der Waals surface area contributed by atoms with Gasteiger partial charge >= 0.3 is 11.7 Å². The van der Waals surface area contributed by atoms with Crippen molar-refractivity contribution in [2.24, 2.45) is 0 Å². The summed E-state index contributed by atoms with van der Waals surface area (Å²) in [6.45, 7) is 1.04. The maximum Gasteiger partial charge on any atom is 0.421 e. The maximum atomic E-state index is 12.0. The van der Waals surface area contributed by atoms with Crippen LogP contribution in [0.2, 0.25) is 0 Å². The number of fused-ring (bicyclic) bond motifs is 1. The predicted molar refractivity (Wildman–Crippen MR) is 89.7 cm³/mol. The summed E-state index contributed by atoms with van der Waals surface area (Å²) in [5.41, 5.74) is 2.90. The van der Waals surface area contributed by atoms with Crippen molar-refractivity contribution >= 4 is 17.1 Å². The third-order valence-corrected chi connectivity index (χ3v) is 3.78. The first-order valence-electron chi connectivity index (χ1n) is 7.52. The molecule has 3 rings (SSSR count). The average molecular weight is 326 g/mol. The first kappa shape index (κ1) is 16.0. The first-order chi connectivity index (χ1) is 11.6. The lowest BCUT2D eigenvalue weighted by atomic mass is 10.1. The summed E-state index contributed by atoms with van der Waals surface area (Å²) in [7, 11) is 3.28. The Bertz CT molecular complexity index is 909. The number of ether oxygens (including phenoxy) is 1. The molecule has 24 heavy (non-hydrogen) atoms. The number of carbonyl (C=O) groups excluding carboxylic acids is 1. The van der Waals surface area contributed by atoms with Gasteiger partial charge in [0.2, 0.25) is 0 Å². The molecular weight excluding hydrogens is 308 g/mol. The third kappa shape index (κ3) is 3.23. The van der Waals surface area contributed by atoms with Crippen LogP contribution in [0.5, 0.6) is 0 Å². The smallest absolute Gasteiger partial charge is 0.421 e. The first-order valence-corrected chi connectivity index (χ1v) is 7.52. The zero-order valence-corrected chi connectivity index (χ0v) is 13.6. The summed E-state index contributed by atoms with van der Waals surface area (Å²) >= 11 is 0. The molecule has 0 bridgehead atoms. The number of methoxy groups -OCH3 is 1. The Kier molecular flexibility index (Phi) is 4.48. The molecule has 0 unspecified atom stereocenters. The second-order valence-corrected chi connectivity index (χ2v) is 5.61. The van der Waals surface area contributed by atoms with E-state index in [-0.39, 0.29) is 11.7 Å². The number of hydrogen-bond acceptors (Lipinski definition) is 5. The lowest BCUT2D eigenvalue weighted by Crippen LogP contribution is -2.27. The predicted octanol–water partition coefficient (Wildman–Crippen LogP) is 2.47. The minimum atomic E-state index is -0.371. The van der Waals surface area contributed by atoms with E-state index in [0.717, 1.165) is 11.1 Å². The van der Waals surface area contributed by atoms with E-state index in [4.69, 9.17) is 4.42 Å². The number of para-hydroxylation sites is 2. The lowest BCUT2D eigenvalue weighted by Gasteiger charge is -2.17. The second-order valence-electron chi connectivity index (χ2n) is 5.61. The topological polar surface area (TPSA) is 64.7 Å². The van der Waals surface area contributed by atoms with Gasteiger partial charge in [-0.15, -0.1) is 0 Å². The Morgan fingerprint density at radius 2 is 1.88 bits per heavy atom. The summed E-state index contributed by atoms with van der Waals surface area (Å²) < 4.78 is 11.5. The number of nitrogens with zero attached hydrogens (tertiary/aromatic N) is 2. The minimum Gasteiger partial charge on any atom is -0.465 e. The largest absolute Gasteiger partial charge is 0.465 e. The van der Waals surface area contributed by atoms with Gasteiger partial charge in [-0.25, -0.2) is 9.59 Å². The fourth-order valence-corrected chi connectivity index (χ4v) is 2.62. The molecule has 0 radical (unpaired) electrons. The number of benzene rings is 2. The van der Waals surface area contributed by atoms with E-state index in [9.17, 15) is 9.59 Å². The fraction of sp³-hybridized carbons (Fsp3) is 0.222. The quantitative estimate of drug-likeness (QED) is 0.674. The standard InChI is InChI=1S/C18H18N2O4/c1-19(11-13-7-9-14(10-8-13)17(21)23-2)12-20-15-5-3-4-6-16(15)24-18(20)22/h3-10H,11-12H2,1-2H3. The molecule has 1 heterocycles. The van der Waals surface area contributed by atoms with E-state index in [2.05, 4.69) is 4.74 Å². The molecule has 1 aromatic heterocycles. The van der Waals surface area contributed by atoms with Gasteiger partial charge in [-0.3, -0.25) is 9.47 Å². The molecule has 0 aliphatic carbocycles. The SMILES string of the molecule is COC(=O)c1ccc(CN(C)Cn2c(=O)oc3ccccc32)cc1. The van der Waals surface area contributed by atoms with Crippen molar-refractivity contribution in [2.45, 2.75) is 13.2 Å². The van der Waals surface area contributed by atoms with Crippen molar-refractivity contribution in [3.8, 4) is 0 Å². The van der Waals surface area contributed by atoms with Gasteiger partial charge in [0, 0.05) is 6.54 Å². The second kappa shape index (κ2) is 6.72. The van der Waals surface area contributed by atoms with Crippen molar-refractivity contribution in [1.29, 1.82) is 0 Å². The van der Waals surface area contributed by atoms with Gasteiger partial charge in [-0.2, -0.15) is 0 Å². The van der Waals surface area contributed by atoms with E-state index in [1.54, 1.807) is 22.8 Å². The molecule has 0 atom stereocenters. The maximum absolute atomic E-state index is 12.0. The zero-order valence-electron chi connectivity index (χ0n) is 13.6. The molecule has 0 aliphatic heterocycles. The Balaban J connectivity index is 1.73. The van der Waals surface area contributed by atoms with Crippen LogP contribution in [0.3, 0.4) is 0 Å². The normalized spacial score (nSPS) is 11.1. The molecule has 0 fully saturated rings. The zero-order chi connectivity index (χ0) is 17.1. The van der Waals surface area contributed by atoms with Crippen LogP contribution in [0.1, 0.15) is 15.9 Å². The lowest BCUT2D eigenvalue weighted by molar-refractivity contribution is 0.0600. The van der Waals surface area contributed by atoms with E-state index < -0.39 is 0 Å². The van der Waals surface area contributed by atoms with Gasteiger partial charge in [0.15, 0.2) is 5.58 Å². The summed E-state index contributed by atoms with van der Waals surface area (Å²) in [6.07, 6.45) is 0. The van der Waals surface area contributed by atoms with Crippen molar-refractivity contribution < 1.29 is 13.9 Å². The number of carbonyl (C=O) groups is 1. The van der Waals surface area contributed by atoms with Crippen LogP contribution in [0.4, 0.5) is 0 Å². The molecule has 0 aliphatic rings. The molecule has 3 aromatic rings. The highest BCUT2D eigenvalue weighted by Gasteiger charge is 2.11. The van der Waals surface area contributed by atoms with E-state index >= 15 is 0 Å². The van der Waals surface area contributed by atoms with Gasteiger partial charge in [0.1, 0.15) is 0 Å². The highest BCUT2D eigenvalue weighted by molar-refractivity contribution is 5.89. The summed E-state index contributed by atoms with van der Waals surface area (Å²) in [5, 5.41) is 0. The van der Waals surface area contributed by atoms with Crippen molar-refractivity contribution in [2.75, 3.05) is 14.2 Å². The van der Waals surface area contributed by atoms with Crippen LogP contribution in [0.25, 0.3) is 11.1 Å². The number of rotatable bonds is 5. The van der Waals surface area contributed by atoms with Gasteiger partial charge in [-0.1, -0.05) is 24.3 Å². The molecular formula is C18H18N2O4. The van der Waals surface area contributed by atoms with Crippen LogP contribution in [0.15, 0.2) is 57.7 Å². The summed E-state index contributed by atoms with van der Waals surface area (Å²) in [5.74, 6) is -0.726. The minimum absolute atomic E-state index is 0.355. The summed E-state index contributed by atoms with van der Waals surface area (Å²) in [6, 6.07) is 14.6. The Hall–Kier alpha value is -2.86. The molecule has 0 spiro atoms. The Morgan fingerprint density at radius 1 is 1.17 bits per heavy atom. The van der Waals surface area contributed by atoms with Crippen LogP contribution in [0, 0.1) is 0 Å². The fourth-order valence-electron chi connectivity index (χ4n) is 2.62. The third-order valence-electron chi connectivity index (χ3n) is 3.78. The van der Waals surface area contributed by atoms with Crippen LogP contribution in [-0.4, -0.2) is 29.6 Å². The van der Waals surface area contributed by atoms with Gasteiger partial charge in [0.25, 0.3) is 0 Å². The average Bonchev–Trinajstić information content (AvgIpc) is 2.90. The van der Waals surface area contributed by atoms with E-state index in [1.807, 2.05) is 42.3 Å². The van der Waals surface area contributed by atoms with Gasteiger partial charge in [0.05, 0.1) is 24.9 Å². The monoisotopic (exact) mass is 326 g/mol. The van der Waals surface area contributed by atoms with Gasteiger partial charge < -0.3 is 9.15 Å².